The van der Waals surface area contributed by atoms with Gasteiger partial charge >= 0.3 is 0 Å². The summed E-state index contributed by atoms with van der Waals surface area (Å²) in [4.78, 5) is 11.6. The molecule has 0 aliphatic rings. The Bertz CT molecular complexity index is 223. The summed E-state index contributed by atoms with van der Waals surface area (Å²) in [6, 6.07) is 0. The predicted molar refractivity (Wildman–Crippen MR) is 37.2 cm³/mol. The van der Waals surface area contributed by atoms with Crippen LogP contribution in [0.2, 0.25) is 0 Å². The zero-order valence-corrected chi connectivity index (χ0v) is 5.27. The summed E-state index contributed by atoms with van der Waals surface area (Å²) in [7, 11) is 0. The minimum Gasteiger partial charge on any atom is -0.345 e. The highest BCUT2D eigenvalue weighted by atomic mass is 16.2. The molecule has 3 nitrogen and oxygen atoms in total. The Morgan fingerprint density at radius 2 is 2.67 bits per heavy atom. The van der Waals surface area contributed by atoms with Gasteiger partial charge in [-0.05, 0) is 6.98 Å². The topological polar surface area (TPSA) is 32.3 Å². The van der Waals surface area contributed by atoms with Crippen LogP contribution in [0.1, 0.15) is 15.1 Å². The molecule has 0 rings (SSSR count). The molecule has 3 heteroatoms. The van der Waals surface area contributed by atoms with Crippen LogP contribution in [-0.2, 0) is 4.79 Å². The number of rotatable bonds is 3. The molecule has 0 fully saturated rings. The molecule has 1 N–H and O–H groups in total. The SMILES string of the molecule is [2H]C([2H])([2H])NCCN(C(C)=O)C([2H])([2H])[2H]. The second-order valence-corrected chi connectivity index (χ2v) is 1.60. The fourth-order valence-corrected chi connectivity index (χ4v) is 0.325. The first-order chi connectivity index (χ1) is 6.54. The van der Waals surface area contributed by atoms with Gasteiger partial charge in [-0.15, -0.1) is 0 Å². The van der Waals surface area contributed by atoms with Crippen molar-refractivity contribution in [1.82, 2.24) is 10.2 Å². The largest absolute Gasteiger partial charge is 0.345 e. The van der Waals surface area contributed by atoms with E-state index in [1.165, 1.54) is 0 Å². The smallest absolute Gasteiger partial charge is 0.219 e. The van der Waals surface area contributed by atoms with Crippen molar-refractivity contribution >= 4 is 5.91 Å². The monoisotopic (exact) mass is 136 g/mol. The predicted octanol–water partition coefficient (Wildman–Crippen LogP) is -0.316. The molecule has 0 aromatic heterocycles. The zero-order valence-electron chi connectivity index (χ0n) is 11.3. The number of carbonyl (C=O) groups excluding carboxylic acids is 1. The molecule has 54 valence electrons. The lowest BCUT2D eigenvalue weighted by Crippen LogP contribution is -2.30. The van der Waals surface area contributed by atoms with Gasteiger partial charge in [-0.1, -0.05) is 0 Å². The van der Waals surface area contributed by atoms with Crippen LogP contribution in [0.5, 0.6) is 0 Å². The van der Waals surface area contributed by atoms with Gasteiger partial charge in [0.25, 0.3) is 0 Å². The van der Waals surface area contributed by atoms with Gasteiger partial charge in [0.1, 0.15) is 0 Å². The Hall–Kier alpha value is -0.570. The summed E-state index contributed by atoms with van der Waals surface area (Å²) in [5.74, 6) is -0.609. The molecule has 0 bridgehead atoms. The molecule has 0 aromatic rings. The van der Waals surface area contributed by atoms with Crippen molar-refractivity contribution < 1.29 is 13.0 Å². The standard InChI is InChI=1S/C6H14N2O/c1-6(9)8(3)5-4-7-2/h7H,4-5H2,1-3H3/i2D3,3D3. The van der Waals surface area contributed by atoms with E-state index in [1.807, 2.05) is 0 Å². The molecule has 9 heavy (non-hydrogen) atoms. The molecular formula is C6H14N2O. The fraction of sp³-hybridized carbons (Fsp3) is 0.833. The van der Waals surface area contributed by atoms with Gasteiger partial charge in [-0.3, -0.25) is 4.79 Å². The molecule has 0 heterocycles. The molecule has 0 saturated carbocycles. The second kappa shape index (κ2) is 4.32. The molecule has 1 amide bonds. The van der Waals surface area contributed by atoms with Crippen molar-refractivity contribution in [1.29, 1.82) is 0 Å². The highest BCUT2D eigenvalue weighted by molar-refractivity contribution is 5.72. The maximum atomic E-state index is 10.9. The number of nitrogens with one attached hydrogen (secondary N) is 1. The van der Waals surface area contributed by atoms with Gasteiger partial charge in [-0.25, -0.2) is 0 Å². The molecule has 0 aliphatic carbocycles. The fourth-order valence-electron chi connectivity index (χ4n) is 0.325. The second-order valence-electron chi connectivity index (χ2n) is 1.60. The lowest BCUT2D eigenvalue weighted by molar-refractivity contribution is -0.127. The van der Waals surface area contributed by atoms with Gasteiger partial charge < -0.3 is 10.2 Å². The van der Waals surface area contributed by atoms with Crippen molar-refractivity contribution in [2.45, 2.75) is 6.92 Å². The lowest BCUT2D eigenvalue weighted by Gasteiger charge is -2.13. The first kappa shape index (κ1) is 2.58. The molecule has 0 spiro atoms. The van der Waals surface area contributed by atoms with Gasteiger partial charge in [-0.2, -0.15) is 0 Å². The normalized spacial score (nSPS) is 21.9. The third-order valence-electron chi connectivity index (χ3n) is 0.841. The summed E-state index contributed by atoms with van der Waals surface area (Å²) < 4.78 is 41.5. The van der Waals surface area contributed by atoms with E-state index in [-0.39, 0.29) is 13.1 Å². The number of nitrogens with zero attached hydrogens (tertiary/aromatic N) is 1. The maximum absolute atomic E-state index is 10.9. The van der Waals surface area contributed by atoms with E-state index >= 15 is 0 Å². The van der Waals surface area contributed by atoms with Crippen molar-refractivity contribution in [3.05, 3.63) is 0 Å². The Kier molecular flexibility index (Phi) is 1.24. The minimum atomic E-state index is -2.53. The Morgan fingerprint density at radius 1 is 1.89 bits per heavy atom. The van der Waals surface area contributed by atoms with E-state index in [1.54, 1.807) is 0 Å². The van der Waals surface area contributed by atoms with Crippen molar-refractivity contribution in [2.24, 2.45) is 0 Å². The van der Waals surface area contributed by atoms with E-state index in [2.05, 4.69) is 5.32 Å². The third kappa shape index (κ3) is 3.97. The molecule has 0 aromatic carbocycles. The molecule has 0 saturated heterocycles. The van der Waals surface area contributed by atoms with Crippen LogP contribution in [0.3, 0.4) is 0 Å². The number of amides is 1. The average molecular weight is 136 g/mol. The Balaban J connectivity index is 4.17. The Labute approximate surface area is 64.5 Å². The molecule has 0 aliphatic heterocycles. The number of carbonyl (C=O) groups is 1. The summed E-state index contributed by atoms with van der Waals surface area (Å²) in [6.07, 6.45) is 0. The summed E-state index contributed by atoms with van der Waals surface area (Å²) in [6.45, 7) is -3.97. The van der Waals surface area contributed by atoms with Crippen LogP contribution in [0.15, 0.2) is 0 Å². The zero-order chi connectivity index (χ0) is 12.3. The van der Waals surface area contributed by atoms with E-state index < -0.39 is 19.9 Å². The molecular weight excluding hydrogens is 116 g/mol. The van der Waals surface area contributed by atoms with Gasteiger partial charge in [0, 0.05) is 35.2 Å². The van der Waals surface area contributed by atoms with Crippen LogP contribution < -0.4 is 5.32 Å². The maximum Gasteiger partial charge on any atom is 0.219 e. The first-order valence-corrected chi connectivity index (χ1v) is 2.57. The third-order valence-corrected chi connectivity index (χ3v) is 0.841. The number of likely N-dealkylation sites (N-methyl/N-ethyl adjacent to an activating group) is 2. The molecule has 0 atom stereocenters. The number of hydrogen-bond donors (Lipinski definition) is 1. The average Bonchev–Trinajstić information content (AvgIpc) is 1.92. The van der Waals surface area contributed by atoms with E-state index in [4.69, 9.17) is 8.22 Å². The van der Waals surface area contributed by atoms with Crippen LogP contribution in [0.25, 0.3) is 0 Å². The summed E-state index contributed by atoms with van der Waals surface area (Å²) in [5, 5.41) is 2.14. The van der Waals surface area contributed by atoms with Crippen LogP contribution >= 0.6 is 0 Å². The van der Waals surface area contributed by atoms with E-state index in [0.717, 1.165) is 6.92 Å². The van der Waals surface area contributed by atoms with Crippen molar-refractivity contribution in [3.8, 4) is 0 Å². The van der Waals surface area contributed by atoms with E-state index in [0.29, 0.717) is 4.90 Å². The van der Waals surface area contributed by atoms with Crippen LogP contribution in [-0.4, -0.2) is 37.8 Å². The highest BCUT2D eigenvalue weighted by Crippen LogP contribution is 1.79. The summed E-state index contributed by atoms with van der Waals surface area (Å²) >= 11 is 0. The van der Waals surface area contributed by atoms with E-state index in [9.17, 15) is 4.79 Å². The van der Waals surface area contributed by atoms with Crippen LogP contribution in [0.4, 0.5) is 0 Å². The Morgan fingerprint density at radius 3 is 3.11 bits per heavy atom. The lowest BCUT2D eigenvalue weighted by atomic mass is 10.5. The van der Waals surface area contributed by atoms with Crippen LogP contribution in [0, 0.1) is 0 Å². The van der Waals surface area contributed by atoms with Gasteiger partial charge in [0.05, 0.1) is 0 Å². The van der Waals surface area contributed by atoms with Crippen molar-refractivity contribution in [3.63, 3.8) is 0 Å². The summed E-state index contributed by atoms with van der Waals surface area (Å²) in [5.41, 5.74) is 0. The first-order valence-electron chi connectivity index (χ1n) is 5.57. The van der Waals surface area contributed by atoms with Crippen molar-refractivity contribution in [2.75, 3.05) is 27.0 Å². The van der Waals surface area contributed by atoms with Gasteiger partial charge in [0.15, 0.2) is 0 Å². The van der Waals surface area contributed by atoms with Gasteiger partial charge in [0.2, 0.25) is 5.91 Å². The minimum absolute atomic E-state index is 0.0888. The highest BCUT2D eigenvalue weighted by Gasteiger charge is 1.97. The molecule has 0 unspecified atom stereocenters. The quantitative estimate of drug-likeness (QED) is 0.577. The number of hydrogen-bond acceptors (Lipinski definition) is 2. The molecule has 0 radical (unpaired) electrons.